The van der Waals surface area contributed by atoms with Crippen LogP contribution in [0, 0.1) is 0 Å². The molecule has 0 fully saturated rings. The molecule has 1 N–H and O–H groups in total. The maximum atomic E-state index is 12.7. The highest BCUT2D eigenvalue weighted by molar-refractivity contribution is 5.91. The zero-order valence-electron chi connectivity index (χ0n) is 13.8. The van der Waals surface area contributed by atoms with Crippen LogP contribution < -0.4 is 0 Å². The topological polar surface area (TPSA) is 71.2 Å². The second-order valence-corrected chi connectivity index (χ2v) is 5.72. The van der Waals surface area contributed by atoms with E-state index in [1.165, 1.54) is 0 Å². The number of carbonyl (C=O) groups is 1. The highest BCUT2D eigenvalue weighted by atomic mass is 16.3. The van der Waals surface area contributed by atoms with E-state index in [1.54, 1.807) is 15.8 Å². The maximum absolute atomic E-state index is 12.7. The Hall–Kier alpha value is -2.99. The predicted molar refractivity (Wildman–Crippen MR) is 93.8 cm³/mol. The number of aliphatic hydroxyl groups excluding tert-OH is 1. The summed E-state index contributed by atoms with van der Waals surface area (Å²) in [6.45, 7) is 1.13. The van der Waals surface area contributed by atoms with E-state index < -0.39 is 0 Å². The molecule has 6 heteroatoms. The molecule has 0 saturated heterocycles. The maximum Gasteiger partial charge on any atom is 0.276 e. The molecule has 0 radical (unpaired) electrons. The molecule has 128 valence electrons. The van der Waals surface area contributed by atoms with Crippen LogP contribution >= 0.6 is 0 Å². The lowest BCUT2D eigenvalue weighted by molar-refractivity contribution is 0.0702. The summed E-state index contributed by atoms with van der Waals surface area (Å²) < 4.78 is 1.64. The molecule has 0 spiro atoms. The minimum atomic E-state index is -0.239. The van der Waals surface area contributed by atoms with Crippen molar-refractivity contribution in [2.75, 3.05) is 13.2 Å². The summed E-state index contributed by atoms with van der Waals surface area (Å²) >= 11 is 0. The van der Waals surface area contributed by atoms with Gasteiger partial charge >= 0.3 is 0 Å². The first kappa shape index (κ1) is 16.9. The van der Waals surface area contributed by atoms with E-state index in [1.807, 2.05) is 60.7 Å². The lowest BCUT2D eigenvalue weighted by Crippen LogP contribution is -2.33. The molecule has 1 heterocycles. The number of hydrogen-bond donors (Lipinski definition) is 1. The van der Waals surface area contributed by atoms with Crippen LogP contribution in [-0.2, 0) is 13.1 Å². The van der Waals surface area contributed by atoms with Crippen LogP contribution in [0.1, 0.15) is 21.6 Å². The van der Waals surface area contributed by atoms with Crippen molar-refractivity contribution in [3.63, 3.8) is 0 Å². The highest BCUT2D eigenvalue weighted by Crippen LogP contribution is 2.09. The molecule has 0 aliphatic carbocycles. The predicted octanol–water partition coefficient (Wildman–Crippen LogP) is 1.96. The number of aliphatic hydroxyl groups is 1. The Kier molecular flexibility index (Phi) is 5.53. The Morgan fingerprint density at radius 3 is 2.28 bits per heavy atom. The zero-order valence-corrected chi connectivity index (χ0v) is 13.8. The minimum absolute atomic E-state index is 0.100. The SMILES string of the molecule is O=C(c1cn(Cc2ccccc2)nn1)N(CCO)Cc1ccccc1. The molecule has 6 nitrogen and oxygen atoms in total. The lowest BCUT2D eigenvalue weighted by atomic mass is 10.2. The van der Waals surface area contributed by atoms with Crippen molar-refractivity contribution >= 4 is 5.91 Å². The van der Waals surface area contributed by atoms with Crippen molar-refractivity contribution in [1.29, 1.82) is 0 Å². The van der Waals surface area contributed by atoms with E-state index in [2.05, 4.69) is 10.3 Å². The van der Waals surface area contributed by atoms with Crippen molar-refractivity contribution in [2.45, 2.75) is 13.1 Å². The van der Waals surface area contributed by atoms with Gasteiger partial charge < -0.3 is 10.0 Å². The van der Waals surface area contributed by atoms with E-state index >= 15 is 0 Å². The van der Waals surface area contributed by atoms with Gasteiger partial charge in [0.2, 0.25) is 0 Å². The van der Waals surface area contributed by atoms with Gasteiger partial charge in [-0.25, -0.2) is 4.68 Å². The van der Waals surface area contributed by atoms with Gasteiger partial charge in [0.05, 0.1) is 19.3 Å². The molecule has 0 saturated carbocycles. The molecule has 0 aliphatic rings. The molecule has 25 heavy (non-hydrogen) atoms. The molecule has 0 bridgehead atoms. The summed E-state index contributed by atoms with van der Waals surface area (Å²) in [6.07, 6.45) is 1.64. The van der Waals surface area contributed by atoms with Crippen molar-refractivity contribution in [1.82, 2.24) is 19.9 Å². The average Bonchev–Trinajstić information content (AvgIpc) is 3.11. The third-order valence-corrected chi connectivity index (χ3v) is 3.82. The van der Waals surface area contributed by atoms with Crippen LogP contribution in [0.2, 0.25) is 0 Å². The number of hydrogen-bond acceptors (Lipinski definition) is 4. The zero-order chi connectivity index (χ0) is 17.5. The second-order valence-electron chi connectivity index (χ2n) is 5.72. The molecule has 0 unspecified atom stereocenters. The minimum Gasteiger partial charge on any atom is -0.395 e. The Morgan fingerprint density at radius 2 is 1.64 bits per heavy atom. The van der Waals surface area contributed by atoms with Crippen LogP contribution in [-0.4, -0.2) is 44.1 Å². The molecule has 1 aromatic heterocycles. The van der Waals surface area contributed by atoms with E-state index in [-0.39, 0.29) is 24.8 Å². The lowest BCUT2D eigenvalue weighted by Gasteiger charge is -2.20. The fourth-order valence-corrected chi connectivity index (χ4v) is 2.58. The fourth-order valence-electron chi connectivity index (χ4n) is 2.58. The Balaban J connectivity index is 1.71. The third-order valence-electron chi connectivity index (χ3n) is 3.82. The summed E-state index contributed by atoms with van der Waals surface area (Å²) in [5.41, 5.74) is 2.36. The molecular formula is C19H20N4O2. The van der Waals surface area contributed by atoms with Crippen LogP contribution in [0.5, 0.6) is 0 Å². The molecular weight excluding hydrogens is 316 g/mol. The van der Waals surface area contributed by atoms with E-state index in [4.69, 9.17) is 0 Å². The molecule has 0 atom stereocenters. The first-order valence-corrected chi connectivity index (χ1v) is 8.14. The second kappa shape index (κ2) is 8.21. The first-order chi connectivity index (χ1) is 12.3. The van der Waals surface area contributed by atoms with Crippen LogP contribution in [0.3, 0.4) is 0 Å². The number of carbonyl (C=O) groups excluding carboxylic acids is 1. The van der Waals surface area contributed by atoms with E-state index in [0.717, 1.165) is 11.1 Å². The Bertz CT molecular complexity index is 803. The Labute approximate surface area is 146 Å². The smallest absolute Gasteiger partial charge is 0.276 e. The number of aromatic nitrogens is 3. The molecule has 0 aliphatic heterocycles. The summed E-state index contributed by atoms with van der Waals surface area (Å²) in [7, 11) is 0. The van der Waals surface area contributed by atoms with E-state index in [9.17, 15) is 9.90 Å². The third kappa shape index (κ3) is 4.51. The summed E-state index contributed by atoms with van der Waals surface area (Å²) in [4.78, 5) is 14.3. The van der Waals surface area contributed by atoms with Crippen LogP contribution in [0.4, 0.5) is 0 Å². The Morgan fingerprint density at radius 1 is 1.00 bits per heavy atom. The first-order valence-electron chi connectivity index (χ1n) is 8.14. The van der Waals surface area contributed by atoms with Gasteiger partial charge in [-0.2, -0.15) is 0 Å². The normalized spacial score (nSPS) is 10.6. The van der Waals surface area contributed by atoms with Gasteiger partial charge in [0.25, 0.3) is 5.91 Å². The molecule has 2 aromatic carbocycles. The largest absolute Gasteiger partial charge is 0.395 e. The van der Waals surface area contributed by atoms with Gasteiger partial charge in [0.15, 0.2) is 5.69 Å². The fraction of sp³-hybridized carbons (Fsp3) is 0.211. The highest BCUT2D eigenvalue weighted by Gasteiger charge is 2.19. The van der Waals surface area contributed by atoms with Gasteiger partial charge in [0.1, 0.15) is 0 Å². The van der Waals surface area contributed by atoms with Crippen molar-refractivity contribution in [2.24, 2.45) is 0 Å². The summed E-state index contributed by atoms with van der Waals surface area (Å²) in [5.74, 6) is -0.239. The van der Waals surface area contributed by atoms with Gasteiger partial charge in [0, 0.05) is 13.1 Å². The van der Waals surface area contributed by atoms with Gasteiger partial charge in [-0.1, -0.05) is 65.9 Å². The van der Waals surface area contributed by atoms with Gasteiger partial charge in [-0.15, -0.1) is 5.10 Å². The van der Waals surface area contributed by atoms with Crippen molar-refractivity contribution in [3.05, 3.63) is 83.7 Å². The monoisotopic (exact) mass is 336 g/mol. The van der Waals surface area contributed by atoms with Gasteiger partial charge in [-0.05, 0) is 11.1 Å². The standard InChI is InChI=1S/C19H20N4O2/c24-12-11-22(13-16-7-3-1-4-8-16)19(25)18-15-23(21-20-18)14-17-9-5-2-6-10-17/h1-10,15,24H,11-14H2. The quantitative estimate of drug-likeness (QED) is 0.716. The molecule has 3 rings (SSSR count). The summed E-state index contributed by atoms with van der Waals surface area (Å²) in [6, 6.07) is 19.5. The number of amides is 1. The average molecular weight is 336 g/mol. The number of nitrogens with zero attached hydrogens (tertiary/aromatic N) is 4. The van der Waals surface area contributed by atoms with E-state index in [0.29, 0.717) is 13.1 Å². The van der Waals surface area contributed by atoms with Crippen LogP contribution in [0.25, 0.3) is 0 Å². The van der Waals surface area contributed by atoms with Crippen molar-refractivity contribution < 1.29 is 9.90 Å². The number of benzene rings is 2. The van der Waals surface area contributed by atoms with Crippen LogP contribution in [0.15, 0.2) is 66.9 Å². The van der Waals surface area contributed by atoms with Gasteiger partial charge in [-0.3, -0.25) is 4.79 Å². The van der Waals surface area contributed by atoms with Crippen molar-refractivity contribution in [3.8, 4) is 0 Å². The summed E-state index contributed by atoms with van der Waals surface area (Å²) in [5, 5.41) is 17.3. The molecule has 1 amide bonds. The number of rotatable bonds is 7. The molecule has 3 aromatic rings.